The number of fused-ring (bicyclic) bond motifs is 1. The van der Waals surface area contributed by atoms with Gasteiger partial charge in [0.1, 0.15) is 0 Å². The standard InChI is InChI=1S/C24H30N4O2/c1-4-7-19-14-17(15-21(29-3)23(19)30-5-2)16-28-12-9-18(10-13-28)22-20-8-6-11-25-24(20)27-26-22/h4,6,8,11,14-15,18H,1,5,7,9-10,12-13,16H2,2-3H3,(H,25,26,27). The fourth-order valence-corrected chi connectivity index (χ4v) is 4.40. The lowest BCUT2D eigenvalue weighted by Crippen LogP contribution is -2.32. The number of benzene rings is 1. The summed E-state index contributed by atoms with van der Waals surface area (Å²) in [7, 11) is 1.70. The molecular weight excluding hydrogens is 376 g/mol. The Morgan fingerprint density at radius 3 is 2.87 bits per heavy atom. The van der Waals surface area contributed by atoms with Crippen molar-refractivity contribution < 1.29 is 9.47 Å². The first-order valence-corrected chi connectivity index (χ1v) is 10.7. The SMILES string of the molecule is C=CCc1cc(CN2CCC(c3[nH]nc4ncccc34)CC2)cc(OC)c1OCC. The van der Waals surface area contributed by atoms with Crippen LogP contribution in [-0.4, -0.2) is 46.9 Å². The molecule has 3 heterocycles. The number of nitrogens with zero attached hydrogens (tertiary/aromatic N) is 3. The zero-order valence-corrected chi connectivity index (χ0v) is 17.9. The van der Waals surface area contributed by atoms with E-state index in [2.05, 4.69) is 44.9 Å². The predicted octanol–water partition coefficient (Wildman–Crippen LogP) is 4.47. The molecule has 30 heavy (non-hydrogen) atoms. The van der Waals surface area contributed by atoms with Crippen LogP contribution in [0.15, 0.2) is 43.1 Å². The Kier molecular flexibility index (Phi) is 6.33. The first kappa shape index (κ1) is 20.4. The van der Waals surface area contributed by atoms with Gasteiger partial charge in [-0.1, -0.05) is 12.1 Å². The lowest BCUT2D eigenvalue weighted by molar-refractivity contribution is 0.203. The molecule has 1 aromatic carbocycles. The number of pyridine rings is 1. The molecule has 158 valence electrons. The summed E-state index contributed by atoms with van der Waals surface area (Å²) in [5.41, 5.74) is 4.43. The highest BCUT2D eigenvalue weighted by molar-refractivity contribution is 5.77. The number of aromatic nitrogens is 3. The fraction of sp³-hybridized carbons (Fsp3) is 0.417. The summed E-state index contributed by atoms with van der Waals surface area (Å²) in [6.07, 6.45) is 6.69. The molecule has 1 fully saturated rings. The van der Waals surface area contributed by atoms with E-state index < -0.39 is 0 Å². The van der Waals surface area contributed by atoms with Gasteiger partial charge in [-0.2, -0.15) is 5.10 Å². The van der Waals surface area contributed by atoms with Crippen LogP contribution in [0, 0.1) is 0 Å². The average Bonchev–Trinajstić information content (AvgIpc) is 3.20. The molecule has 0 bridgehead atoms. The Bertz CT molecular complexity index is 1010. The number of nitrogens with one attached hydrogen (secondary N) is 1. The predicted molar refractivity (Wildman–Crippen MR) is 119 cm³/mol. The van der Waals surface area contributed by atoms with Crippen molar-refractivity contribution in [3.05, 3.63) is 59.9 Å². The van der Waals surface area contributed by atoms with Crippen molar-refractivity contribution in [2.75, 3.05) is 26.8 Å². The zero-order valence-electron chi connectivity index (χ0n) is 17.9. The van der Waals surface area contributed by atoms with Gasteiger partial charge in [-0.15, -0.1) is 6.58 Å². The van der Waals surface area contributed by atoms with Crippen molar-refractivity contribution in [3.8, 4) is 11.5 Å². The van der Waals surface area contributed by atoms with Gasteiger partial charge in [0.15, 0.2) is 17.1 Å². The van der Waals surface area contributed by atoms with Crippen LogP contribution < -0.4 is 9.47 Å². The molecule has 1 N–H and O–H groups in total. The van der Waals surface area contributed by atoms with Crippen LogP contribution in [-0.2, 0) is 13.0 Å². The number of H-pyrrole nitrogens is 1. The van der Waals surface area contributed by atoms with Gasteiger partial charge in [0.05, 0.1) is 13.7 Å². The highest BCUT2D eigenvalue weighted by Crippen LogP contribution is 2.35. The molecule has 0 aliphatic carbocycles. The highest BCUT2D eigenvalue weighted by Gasteiger charge is 2.24. The number of rotatable bonds is 8. The van der Waals surface area contributed by atoms with E-state index in [9.17, 15) is 0 Å². The van der Waals surface area contributed by atoms with Crippen LogP contribution in [0.25, 0.3) is 11.0 Å². The number of methoxy groups -OCH3 is 1. The van der Waals surface area contributed by atoms with Crippen LogP contribution in [0.5, 0.6) is 11.5 Å². The number of hydrogen-bond acceptors (Lipinski definition) is 5. The molecule has 1 aliphatic heterocycles. The molecule has 6 nitrogen and oxygen atoms in total. The van der Waals surface area contributed by atoms with E-state index >= 15 is 0 Å². The summed E-state index contributed by atoms with van der Waals surface area (Å²) in [6.45, 7) is 9.52. The minimum atomic E-state index is 0.502. The topological polar surface area (TPSA) is 63.3 Å². The van der Waals surface area contributed by atoms with E-state index in [1.54, 1.807) is 13.3 Å². The molecule has 2 aromatic heterocycles. The molecule has 1 saturated heterocycles. The van der Waals surface area contributed by atoms with Crippen molar-refractivity contribution in [3.63, 3.8) is 0 Å². The second kappa shape index (κ2) is 9.30. The van der Waals surface area contributed by atoms with Crippen molar-refractivity contribution >= 4 is 11.0 Å². The van der Waals surface area contributed by atoms with Gasteiger partial charge in [-0.3, -0.25) is 10.00 Å². The van der Waals surface area contributed by atoms with Crippen molar-refractivity contribution in [1.82, 2.24) is 20.1 Å². The normalized spacial score (nSPS) is 15.4. The number of aromatic amines is 1. The molecule has 4 rings (SSSR count). The smallest absolute Gasteiger partial charge is 0.181 e. The third-order valence-corrected chi connectivity index (χ3v) is 5.83. The number of likely N-dealkylation sites (tertiary alicyclic amines) is 1. The Morgan fingerprint density at radius 2 is 2.13 bits per heavy atom. The highest BCUT2D eigenvalue weighted by atomic mass is 16.5. The van der Waals surface area contributed by atoms with E-state index in [1.165, 1.54) is 11.3 Å². The van der Waals surface area contributed by atoms with Crippen molar-refractivity contribution in [2.24, 2.45) is 0 Å². The van der Waals surface area contributed by atoms with Crippen LogP contribution in [0.3, 0.4) is 0 Å². The Hall–Kier alpha value is -2.86. The van der Waals surface area contributed by atoms with Gasteiger partial charge >= 0.3 is 0 Å². The summed E-state index contributed by atoms with van der Waals surface area (Å²) in [6, 6.07) is 8.44. The Balaban J connectivity index is 1.45. The molecule has 0 radical (unpaired) electrons. The summed E-state index contributed by atoms with van der Waals surface area (Å²) < 4.78 is 11.5. The van der Waals surface area contributed by atoms with Gasteiger partial charge in [-0.25, -0.2) is 4.98 Å². The maximum Gasteiger partial charge on any atom is 0.181 e. The lowest BCUT2D eigenvalue weighted by atomic mass is 9.91. The summed E-state index contributed by atoms with van der Waals surface area (Å²) in [5, 5.41) is 8.75. The lowest BCUT2D eigenvalue weighted by Gasteiger charge is -2.32. The zero-order chi connectivity index (χ0) is 20.9. The van der Waals surface area contributed by atoms with E-state index in [0.717, 1.165) is 67.0 Å². The summed E-state index contributed by atoms with van der Waals surface area (Å²) in [4.78, 5) is 6.86. The van der Waals surface area contributed by atoms with Gasteiger partial charge in [0, 0.05) is 35.3 Å². The molecular formula is C24H30N4O2. The van der Waals surface area contributed by atoms with Crippen molar-refractivity contribution in [1.29, 1.82) is 0 Å². The van der Waals surface area contributed by atoms with Crippen LogP contribution in [0.4, 0.5) is 0 Å². The van der Waals surface area contributed by atoms with Crippen LogP contribution in [0.2, 0.25) is 0 Å². The molecule has 0 unspecified atom stereocenters. The molecule has 1 aliphatic rings. The fourth-order valence-electron chi connectivity index (χ4n) is 4.40. The largest absolute Gasteiger partial charge is 0.493 e. The van der Waals surface area contributed by atoms with Crippen LogP contribution in [0.1, 0.15) is 42.5 Å². The van der Waals surface area contributed by atoms with Gasteiger partial charge in [-0.05, 0) is 63.0 Å². The number of piperidine rings is 1. The minimum absolute atomic E-state index is 0.502. The maximum absolute atomic E-state index is 5.85. The van der Waals surface area contributed by atoms with Gasteiger partial charge < -0.3 is 9.47 Å². The summed E-state index contributed by atoms with van der Waals surface area (Å²) in [5.74, 6) is 2.14. The second-order valence-corrected chi connectivity index (χ2v) is 7.77. The Labute approximate surface area is 177 Å². The third kappa shape index (κ3) is 4.19. The van der Waals surface area contributed by atoms with E-state index in [1.807, 2.05) is 19.1 Å². The first-order valence-electron chi connectivity index (χ1n) is 10.7. The molecule has 0 spiro atoms. The van der Waals surface area contributed by atoms with E-state index in [4.69, 9.17) is 9.47 Å². The molecule has 3 aromatic rings. The molecule has 0 amide bonds. The maximum atomic E-state index is 5.85. The number of allylic oxidation sites excluding steroid dienone is 1. The molecule has 6 heteroatoms. The monoisotopic (exact) mass is 406 g/mol. The number of ether oxygens (including phenoxy) is 2. The third-order valence-electron chi connectivity index (χ3n) is 5.83. The average molecular weight is 407 g/mol. The van der Waals surface area contributed by atoms with Crippen LogP contribution >= 0.6 is 0 Å². The number of hydrogen-bond donors (Lipinski definition) is 1. The Morgan fingerprint density at radius 1 is 1.30 bits per heavy atom. The molecule has 0 atom stereocenters. The van der Waals surface area contributed by atoms with E-state index in [0.29, 0.717) is 12.5 Å². The second-order valence-electron chi connectivity index (χ2n) is 7.77. The van der Waals surface area contributed by atoms with Gasteiger partial charge in [0.25, 0.3) is 0 Å². The molecule has 0 saturated carbocycles. The quantitative estimate of drug-likeness (QED) is 0.559. The minimum Gasteiger partial charge on any atom is -0.493 e. The van der Waals surface area contributed by atoms with Crippen molar-refractivity contribution in [2.45, 2.75) is 38.6 Å². The van der Waals surface area contributed by atoms with E-state index in [-0.39, 0.29) is 0 Å². The first-order chi connectivity index (χ1) is 14.7. The summed E-state index contributed by atoms with van der Waals surface area (Å²) >= 11 is 0. The van der Waals surface area contributed by atoms with Gasteiger partial charge in [0.2, 0.25) is 0 Å².